The van der Waals surface area contributed by atoms with Crippen molar-refractivity contribution in [1.82, 2.24) is 4.98 Å². The van der Waals surface area contributed by atoms with E-state index in [0.717, 1.165) is 24.1 Å². The summed E-state index contributed by atoms with van der Waals surface area (Å²) in [6.45, 7) is 11.9. The molecule has 1 heteroatoms. The van der Waals surface area contributed by atoms with E-state index in [0.29, 0.717) is 0 Å². The van der Waals surface area contributed by atoms with Crippen molar-refractivity contribution in [1.29, 1.82) is 0 Å². The second kappa shape index (κ2) is 4.75. The molecule has 0 bridgehead atoms. The van der Waals surface area contributed by atoms with Crippen LogP contribution < -0.4 is 0 Å². The van der Waals surface area contributed by atoms with E-state index in [1.807, 2.05) is 19.2 Å². The third kappa shape index (κ3) is 2.32. The SMILES string of the molecule is C=CCC(=C)c1cnc(C)cc1CC. The summed E-state index contributed by atoms with van der Waals surface area (Å²) in [4.78, 5) is 4.30. The molecule has 0 radical (unpaired) electrons. The van der Waals surface area contributed by atoms with Crippen molar-refractivity contribution >= 4 is 5.57 Å². The molecule has 0 aliphatic rings. The maximum Gasteiger partial charge on any atom is 0.0375 e. The molecule has 0 aliphatic heterocycles. The molecule has 0 atom stereocenters. The Morgan fingerprint density at radius 2 is 2.29 bits per heavy atom. The molecule has 0 fully saturated rings. The Morgan fingerprint density at radius 3 is 2.86 bits per heavy atom. The molecule has 0 N–H and O–H groups in total. The molecule has 0 saturated heterocycles. The summed E-state index contributed by atoms with van der Waals surface area (Å²) >= 11 is 0. The minimum Gasteiger partial charge on any atom is -0.261 e. The van der Waals surface area contributed by atoms with E-state index < -0.39 is 0 Å². The summed E-state index contributed by atoms with van der Waals surface area (Å²) in [6.07, 6.45) is 5.65. The maximum absolute atomic E-state index is 4.30. The fraction of sp³-hybridized carbons (Fsp3) is 0.308. The van der Waals surface area contributed by atoms with E-state index in [-0.39, 0.29) is 0 Å². The Hall–Kier alpha value is -1.37. The van der Waals surface area contributed by atoms with Crippen LogP contribution in [0.3, 0.4) is 0 Å². The average Bonchev–Trinajstić information content (AvgIpc) is 2.17. The van der Waals surface area contributed by atoms with Crippen molar-refractivity contribution < 1.29 is 0 Å². The van der Waals surface area contributed by atoms with Gasteiger partial charge in [-0.15, -0.1) is 6.58 Å². The highest BCUT2D eigenvalue weighted by Gasteiger charge is 2.04. The summed E-state index contributed by atoms with van der Waals surface area (Å²) in [5.74, 6) is 0. The fourth-order valence-corrected chi connectivity index (χ4v) is 1.51. The molecule has 0 amide bonds. The van der Waals surface area contributed by atoms with Crippen LogP contribution in [0.1, 0.15) is 30.2 Å². The van der Waals surface area contributed by atoms with E-state index in [1.54, 1.807) is 0 Å². The first-order chi connectivity index (χ1) is 6.69. The largest absolute Gasteiger partial charge is 0.261 e. The zero-order valence-electron chi connectivity index (χ0n) is 9.01. The summed E-state index contributed by atoms with van der Waals surface area (Å²) < 4.78 is 0. The zero-order chi connectivity index (χ0) is 10.6. The summed E-state index contributed by atoms with van der Waals surface area (Å²) in [5.41, 5.74) is 4.67. The van der Waals surface area contributed by atoms with Crippen LogP contribution in [0.5, 0.6) is 0 Å². The number of aryl methyl sites for hydroxylation is 2. The Kier molecular flexibility index (Phi) is 3.63. The minimum absolute atomic E-state index is 0.831. The van der Waals surface area contributed by atoms with E-state index >= 15 is 0 Å². The van der Waals surface area contributed by atoms with Crippen molar-refractivity contribution in [2.45, 2.75) is 26.7 Å². The zero-order valence-corrected chi connectivity index (χ0v) is 9.01. The highest BCUT2D eigenvalue weighted by molar-refractivity contribution is 5.66. The van der Waals surface area contributed by atoms with Crippen molar-refractivity contribution in [3.8, 4) is 0 Å². The maximum atomic E-state index is 4.30. The van der Waals surface area contributed by atoms with Crippen LogP contribution in [0.2, 0.25) is 0 Å². The average molecular weight is 187 g/mol. The molecule has 74 valence electrons. The highest BCUT2D eigenvalue weighted by atomic mass is 14.7. The minimum atomic E-state index is 0.831. The van der Waals surface area contributed by atoms with Gasteiger partial charge in [-0.2, -0.15) is 0 Å². The van der Waals surface area contributed by atoms with Gasteiger partial charge in [0.2, 0.25) is 0 Å². The standard InChI is InChI=1S/C13H17N/c1-5-7-10(3)13-9-14-11(4)8-12(13)6-2/h5,8-9H,1,3,6-7H2,2,4H3. The van der Waals surface area contributed by atoms with Crippen LogP contribution >= 0.6 is 0 Å². The van der Waals surface area contributed by atoms with Crippen molar-refractivity contribution in [3.63, 3.8) is 0 Å². The van der Waals surface area contributed by atoms with Crippen LogP contribution in [0.15, 0.2) is 31.5 Å². The number of hydrogen-bond donors (Lipinski definition) is 0. The second-order valence-electron chi connectivity index (χ2n) is 3.43. The summed E-state index contributed by atoms with van der Waals surface area (Å²) in [7, 11) is 0. The van der Waals surface area contributed by atoms with Crippen molar-refractivity contribution in [2.75, 3.05) is 0 Å². The Morgan fingerprint density at radius 1 is 1.57 bits per heavy atom. The molecule has 1 heterocycles. The molecular weight excluding hydrogens is 170 g/mol. The first-order valence-corrected chi connectivity index (χ1v) is 4.93. The normalized spacial score (nSPS) is 9.86. The van der Waals surface area contributed by atoms with Gasteiger partial charge in [-0.1, -0.05) is 19.6 Å². The Balaban J connectivity index is 3.07. The van der Waals surface area contributed by atoms with Gasteiger partial charge in [-0.05, 0) is 42.5 Å². The summed E-state index contributed by atoms with van der Waals surface area (Å²) in [5, 5.41) is 0. The number of aromatic nitrogens is 1. The molecule has 1 nitrogen and oxygen atoms in total. The van der Waals surface area contributed by atoms with Gasteiger partial charge in [0.15, 0.2) is 0 Å². The first-order valence-electron chi connectivity index (χ1n) is 4.93. The predicted octanol–water partition coefficient (Wildman–Crippen LogP) is 3.54. The molecule has 0 aliphatic carbocycles. The van der Waals surface area contributed by atoms with Crippen LogP contribution in [0, 0.1) is 6.92 Å². The Bertz CT molecular complexity index is 350. The van der Waals surface area contributed by atoms with Gasteiger partial charge in [-0.25, -0.2) is 0 Å². The number of allylic oxidation sites excluding steroid dienone is 2. The van der Waals surface area contributed by atoms with Gasteiger partial charge in [0.05, 0.1) is 0 Å². The van der Waals surface area contributed by atoms with Crippen LogP contribution in [-0.2, 0) is 6.42 Å². The van der Waals surface area contributed by atoms with Gasteiger partial charge < -0.3 is 0 Å². The number of nitrogens with zero attached hydrogens (tertiary/aromatic N) is 1. The summed E-state index contributed by atoms with van der Waals surface area (Å²) in [6, 6.07) is 2.13. The van der Waals surface area contributed by atoms with Gasteiger partial charge >= 0.3 is 0 Å². The first kappa shape index (κ1) is 10.7. The van der Waals surface area contributed by atoms with E-state index in [4.69, 9.17) is 0 Å². The molecule has 0 spiro atoms. The van der Waals surface area contributed by atoms with Crippen molar-refractivity contribution in [3.05, 3.63) is 48.3 Å². The van der Waals surface area contributed by atoms with Gasteiger partial charge in [0.25, 0.3) is 0 Å². The van der Waals surface area contributed by atoms with Gasteiger partial charge in [0, 0.05) is 11.9 Å². The quantitative estimate of drug-likeness (QED) is 0.657. The lowest BCUT2D eigenvalue weighted by Crippen LogP contribution is -1.94. The van der Waals surface area contributed by atoms with E-state index in [1.165, 1.54) is 11.1 Å². The van der Waals surface area contributed by atoms with Crippen LogP contribution in [-0.4, -0.2) is 4.98 Å². The Labute approximate surface area is 86.2 Å². The molecule has 1 aromatic heterocycles. The lowest BCUT2D eigenvalue weighted by atomic mass is 9.99. The van der Waals surface area contributed by atoms with Crippen LogP contribution in [0.25, 0.3) is 5.57 Å². The lowest BCUT2D eigenvalue weighted by molar-refractivity contribution is 1.07. The van der Waals surface area contributed by atoms with E-state index in [2.05, 4.69) is 31.1 Å². The van der Waals surface area contributed by atoms with Crippen LogP contribution in [0.4, 0.5) is 0 Å². The smallest absolute Gasteiger partial charge is 0.0375 e. The van der Waals surface area contributed by atoms with Gasteiger partial charge in [0.1, 0.15) is 0 Å². The van der Waals surface area contributed by atoms with Crippen molar-refractivity contribution in [2.24, 2.45) is 0 Å². The van der Waals surface area contributed by atoms with E-state index in [9.17, 15) is 0 Å². The second-order valence-corrected chi connectivity index (χ2v) is 3.43. The predicted molar refractivity (Wildman–Crippen MR) is 62.2 cm³/mol. The third-order valence-corrected chi connectivity index (χ3v) is 2.28. The molecule has 14 heavy (non-hydrogen) atoms. The number of pyridine rings is 1. The highest BCUT2D eigenvalue weighted by Crippen LogP contribution is 2.21. The molecule has 1 aromatic rings. The van der Waals surface area contributed by atoms with Gasteiger partial charge in [-0.3, -0.25) is 4.98 Å². The fourth-order valence-electron chi connectivity index (χ4n) is 1.51. The molecule has 0 saturated carbocycles. The number of rotatable bonds is 4. The molecule has 0 unspecified atom stereocenters. The lowest BCUT2D eigenvalue weighted by Gasteiger charge is -2.09. The monoisotopic (exact) mass is 187 g/mol. The third-order valence-electron chi connectivity index (χ3n) is 2.28. The number of hydrogen-bond acceptors (Lipinski definition) is 1. The molecular formula is C13H17N. The molecule has 1 rings (SSSR count). The topological polar surface area (TPSA) is 12.9 Å². The molecule has 0 aromatic carbocycles.